The van der Waals surface area contributed by atoms with Crippen LogP contribution >= 0.6 is 12.4 Å². The van der Waals surface area contributed by atoms with Gasteiger partial charge < -0.3 is 25.1 Å². The van der Waals surface area contributed by atoms with Gasteiger partial charge in [0, 0.05) is 30.2 Å². The standard InChI is InChI=1S/C26H28FN3O3.ClH/c1-32-23-6-2-5-19-17(13-29-24(19)23)4-3-11-30(14-16-7-8-16)18-12-21-20(26(28)31)9-10-22(27)25(21)33-15-18;/h2,5-6,9-10,12-13,16,29H,3-4,7-8,11,14-15H2,1H3,(H2,28,31);1H. The molecule has 1 saturated carbocycles. The molecular formula is C26H29ClFN3O3. The number of hydrogen-bond donors (Lipinski definition) is 2. The van der Waals surface area contributed by atoms with Gasteiger partial charge in [-0.3, -0.25) is 4.79 Å². The largest absolute Gasteiger partial charge is 0.495 e. The second-order valence-corrected chi connectivity index (χ2v) is 8.82. The van der Waals surface area contributed by atoms with Gasteiger partial charge in [0.25, 0.3) is 0 Å². The van der Waals surface area contributed by atoms with Crippen molar-refractivity contribution in [3.63, 3.8) is 0 Å². The number of primary amides is 1. The molecule has 1 aliphatic heterocycles. The van der Waals surface area contributed by atoms with Crippen molar-refractivity contribution in [2.24, 2.45) is 11.7 Å². The number of rotatable bonds is 9. The molecule has 1 fully saturated rings. The summed E-state index contributed by atoms with van der Waals surface area (Å²) < 4.78 is 25.5. The third kappa shape index (κ3) is 4.71. The van der Waals surface area contributed by atoms with Gasteiger partial charge in [-0.1, -0.05) is 12.1 Å². The zero-order valence-electron chi connectivity index (χ0n) is 19.1. The number of hydrogen-bond acceptors (Lipinski definition) is 4. The first-order valence-corrected chi connectivity index (χ1v) is 11.4. The highest BCUT2D eigenvalue weighted by molar-refractivity contribution is 5.98. The molecule has 8 heteroatoms. The van der Waals surface area contributed by atoms with Crippen molar-refractivity contribution in [3.05, 3.63) is 64.7 Å². The van der Waals surface area contributed by atoms with Crippen LogP contribution in [0.2, 0.25) is 0 Å². The lowest BCUT2D eigenvalue weighted by molar-refractivity contribution is 0.0999. The van der Waals surface area contributed by atoms with Crippen molar-refractivity contribution in [1.29, 1.82) is 0 Å². The van der Waals surface area contributed by atoms with E-state index in [1.165, 1.54) is 35.9 Å². The van der Waals surface area contributed by atoms with E-state index in [2.05, 4.69) is 22.1 Å². The van der Waals surface area contributed by atoms with Crippen molar-refractivity contribution in [1.82, 2.24) is 9.88 Å². The molecule has 2 aromatic carbocycles. The molecule has 0 spiro atoms. The minimum absolute atomic E-state index is 0. The highest BCUT2D eigenvalue weighted by Crippen LogP contribution is 2.36. The van der Waals surface area contributed by atoms with Crippen molar-refractivity contribution >= 4 is 35.3 Å². The fourth-order valence-electron chi connectivity index (χ4n) is 4.60. The van der Waals surface area contributed by atoms with E-state index in [1.807, 2.05) is 18.2 Å². The SMILES string of the molecule is COc1cccc2c(CCCN(CC3CC3)C3=Cc4c(C(N)=O)ccc(F)c4OC3)c[nH]c12.Cl. The number of amides is 1. The second-order valence-electron chi connectivity index (χ2n) is 8.82. The number of aromatic amines is 1. The smallest absolute Gasteiger partial charge is 0.249 e. The maximum atomic E-state index is 14.3. The fourth-order valence-corrected chi connectivity index (χ4v) is 4.60. The van der Waals surface area contributed by atoms with Crippen LogP contribution in [0.25, 0.3) is 17.0 Å². The molecule has 1 amide bonds. The summed E-state index contributed by atoms with van der Waals surface area (Å²) in [5.41, 5.74) is 9.48. The lowest BCUT2D eigenvalue weighted by Crippen LogP contribution is -2.31. The summed E-state index contributed by atoms with van der Waals surface area (Å²) in [5.74, 6) is 0.557. The molecule has 0 radical (unpaired) electrons. The van der Waals surface area contributed by atoms with E-state index >= 15 is 0 Å². The normalized spacial score (nSPS) is 14.6. The zero-order valence-corrected chi connectivity index (χ0v) is 19.9. The minimum Gasteiger partial charge on any atom is -0.495 e. The van der Waals surface area contributed by atoms with Gasteiger partial charge in [0.2, 0.25) is 5.91 Å². The Hall–Kier alpha value is -3.19. The summed E-state index contributed by atoms with van der Waals surface area (Å²) in [6, 6.07) is 8.73. The number of benzene rings is 2. The van der Waals surface area contributed by atoms with E-state index in [-0.39, 0.29) is 30.3 Å². The van der Waals surface area contributed by atoms with Crippen LogP contribution in [-0.2, 0) is 6.42 Å². The van der Waals surface area contributed by atoms with Gasteiger partial charge in [0.05, 0.1) is 23.9 Å². The van der Waals surface area contributed by atoms with E-state index in [0.29, 0.717) is 11.5 Å². The number of aromatic nitrogens is 1. The molecule has 3 aromatic rings. The molecular weight excluding hydrogens is 457 g/mol. The van der Waals surface area contributed by atoms with Crippen LogP contribution in [0.1, 0.15) is 40.7 Å². The van der Waals surface area contributed by atoms with Crippen LogP contribution in [-0.4, -0.2) is 42.6 Å². The highest BCUT2D eigenvalue weighted by Gasteiger charge is 2.28. The lowest BCUT2D eigenvalue weighted by Gasteiger charge is -2.31. The molecule has 0 saturated heterocycles. The highest BCUT2D eigenvalue weighted by atomic mass is 35.5. The maximum Gasteiger partial charge on any atom is 0.249 e. The summed E-state index contributed by atoms with van der Waals surface area (Å²) in [7, 11) is 1.68. The monoisotopic (exact) mass is 485 g/mol. The van der Waals surface area contributed by atoms with Crippen LogP contribution < -0.4 is 15.2 Å². The van der Waals surface area contributed by atoms with Crippen LogP contribution in [0.3, 0.4) is 0 Å². The summed E-state index contributed by atoms with van der Waals surface area (Å²) >= 11 is 0. The zero-order chi connectivity index (χ0) is 22.9. The van der Waals surface area contributed by atoms with E-state index in [1.54, 1.807) is 7.11 Å². The second kappa shape index (κ2) is 9.97. The van der Waals surface area contributed by atoms with Gasteiger partial charge >= 0.3 is 0 Å². The summed E-state index contributed by atoms with van der Waals surface area (Å²) in [4.78, 5) is 17.6. The van der Waals surface area contributed by atoms with Crippen molar-refractivity contribution in [3.8, 4) is 11.5 Å². The lowest BCUT2D eigenvalue weighted by atomic mass is 10.0. The molecule has 2 heterocycles. The number of fused-ring (bicyclic) bond motifs is 2. The third-order valence-electron chi connectivity index (χ3n) is 6.53. The van der Waals surface area contributed by atoms with E-state index in [0.717, 1.165) is 42.9 Å². The molecule has 5 rings (SSSR count). The Labute approximate surface area is 204 Å². The number of methoxy groups -OCH3 is 1. The van der Waals surface area contributed by atoms with Gasteiger partial charge in [-0.05, 0) is 61.4 Å². The maximum absolute atomic E-state index is 14.3. The molecule has 180 valence electrons. The molecule has 2 aliphatic rings. The number of para-hydroxylation sites is 1. The van der Waals surface area contributed by atoms with Gasteiger partial charge in [-0.25, -0.2) is 4.39 Å². The van der Waals surface area contributed by atoms with E-state index < -0.39 is 11.7 Å². The number of carbonyl (C=O) groups excluding carboxylic acids is 1. The molecule has 0 atom stereocenters. The Balaban J connectivity index is 0.00000274. The summed E-state index contributed by atoms with van der Waals surface area (Å²) in [6.45, 7) is 2.06. The van der Waals surface area contributed by atoms with Crippen molar-refractivity contribution in [2.75, 3.05) is 26.8 Å². The first-order valence-electron chi connectivity index (χ1n) is 11.4. The summed E-state index contributed by atoms with van der Waals surface area (Å²) in [5, 5.41) is 1.18. The quantitative estimate of drug-likeness (QED) is 0.451. The number of ether oxygens (including phenoxy) is 2. The number of halogens is 2. The number of carbonyl (C=O) groups is 1. The molecule has 3 N–H and O–H groups in total. The van der Waals surface area contributed by atoms with Crippen LogP contribution in [0.5, 0.6) is 11.5 Å². The molecule has 34 heavy (non-hydrogen) atoms. The predicted molar refractivity (Wildman–Crippen MR) is 133 cm³/mol. The number of nitrogens with one attached hydrogen (secondary N) is 1. The number of H-pyrrole nitrogens is 1. The van der Waals surface area contributed by atoms with Gasteiger partial charge in [-0.2, -0.15) is 0 Å². The van der Waals surface area contributed by atoms with Crippen molar-refractivity contribution < 1.29 is 18.7 Å². The Morgan fingerprint density at radius 1 is 1.29 bits per heavy atom. The molecule has 0 unspecified atom stereocenters. The number of nitrogens with zero attached hydrogens (tertiary/aromatic N) is 1. The fraction of sp³-hybridized carbons (Fsp3) is 0.346. The van der Waals surface area contributed by atoms with Gasteiger partial charge in [0.1, 0.15) is 12.4 Å². The Bertz CT molecular complexity index is 1240. The first kappa shape index (κ1) is 24.0. The number of aryl methyl sites for hydroxylation is 1. The molecule has 1 aromatic heterocycles. The van der Waals surface area contributed by atoms with Crippen LogP contribution in [0.15, 0.2) is 42.2 Å². The van der Waals surface area contributed by atoms with Gasteiger partial charge in [0.15, 0.2) is 11.6 Å². The Morgan fingerprint density at radius 3 is 2.85 bits per heavy atom. The summed E-state index contributed by atoms with van der Waals surface area (Å²) in [6.07, 6.45) is 8.25. The van der Waals surface area contributed by atoms with Crippen LogP contribution in [0.4, 0.5) is 4.39 Å². The topological polar surface area (TPSA) is 80.6 Å². The Kier molecular flexibility index (Phi) is 7.03. The average Bonchev–Trinajstić information content (AvgIpc) is 3.55. The molecule has 6 nitrogen and oxygen atoms in total. The third-order valence-corrected chi connectivity index (χ3v) is 6.53. The number of nitrogens with two attached hydrogens (primary N) is 1. The van der Waals surface area contributed by atoms with E-state index in [4.69, 9.17) is 15.2 Å². The molecule has 1 aliphatic carbocycles. The minimum atomic E-state index is -0.587. The Morgan fingerprint density at radius 2 is 2.12 bits per heavy atom. The van der Waals surface area contributed by atoms with Crippen molar-refractivity contribution in [2.45, 2.75) is 25.7 Å². The first-order chi connectivity index (χ1) is 16.0. The van der Waals surface area contributed by atoms with Gasteiger partial charge in [-0.15, -0.1) is 12.4 Å². The van der Waals surface area contributed by atoms with Crippen LogP contribution in [0, 0.1) is 11.7 Å². The van der Waals surface area contributed by atoms with E-state index in [9.17, 15) is 9.18 Å². The molecule has 0 bridgehead atoms. The average molecular weight is 486 g/mol. The predicted octanol–water partition coefficient (Wildman–Crippen LogP) is 4.91.